The third-order valence-electron chi connectivity index (χ3n) is 5.92. The van der Waals surface area contributed by atoms with Crippen LogP contribution in [-0.4, -0.2) is 30.8 Å². The van der Waals surface area contributed by atoms with E-state index in [-0.39, 0.29) is 23.6 Å². The van der Waals surface area contributed by atoms with Crippen LogP contribution < -0.4 is 15.1 Å². The van der Waals surface area contributed by atoms with E-state index in [9.17, 15) is 14.4 Å². The minimum Gasteiger partial charge on any atom is -0.322 e. The zero-order valence-corrected chi connectivity index (χ0v) is 16.2. The van der Waals surface area contributed by atoms with Crippen LogP contribution in [0, 0.1) is 5.92 Å². The Bertz CT molecular complexity index is 1010. The Hall–Kier alpha value is -3.15. The lowest BCUT2D eigenvalue weighted by Crippen LogP contribution is -2.30. The summed E-state index contributed by atoms with van der Waals surface area (Å²) in [5, 5.41) is 2.94. The van der Waals surface area contributed by atoms with E-state index in [0.29, 0.717) is 30.8 Å². The second kappa shape index (κ2) is 7.03. The zero-order chi connectivity index (χ0) is 20.0. The van der Waals surface area contributed by atoms with Gasteiger partial charge in [-0.1, -0.05) is 12.1 Å². The lowest BCUT2D eigenvalue weighted by atomic mass is 10.1. The molecule has 0 unspecified atom stereocenters. The maximum absolute atomic E-state index is 12.8. The molecule has 1 saturated heterocycles. The second-order valence-electron chi connectivity index (χ2n) is 8.01. The minimum atomic E-state index is -0.225. The lowest BCUT2D eigenvalue weighted by molar-refractivity contribution is -0.119. The van der Waals surface area contributed by atoms with Gasteiger partial charge in [0, 0.05) is 48.1 Å². The summed E-state index contributed by atoms with van der Waals surface area (Å²) in [6.45, 7) is 1.41. The Morgan fingerprint density at radius 2 is 1.86 bits per heavy atom. The predicted octanol–water partition coefficient (Wildman–Crippen LogP) is 3.36. The van der Waals surface area contributed by atoms with Gasteiger partial charge in [-0.05, 0) is 61.6 Å². The molecule has 0 aromatic heterocycles. The van der Waals surface area contributed by atoms with Crippen LogP contribution >= 0.6 is 0 Å². The summed E-state index contributed by atoms with van der Waals surface area (Å²) < 4.78 is 0. The first-order valence-corrected chi connectivity index (χ1v) is 10.3. The highest BCUT2D eigenvalue weighted by molar-refractivity contribution is 6.06. The number of anilines is 3. The van der Waals surface area contributed by atoms with Gasteiger partial charge in [0.25, 0.3) is 5.91 Å². The fourth-order valence-corrected chi connectivity index (χ4v) is 4.18. The van der Waals surface area contributed by atoms with E-state index in [1.807, 2.05) is 29.2 Å². The molecule has 29 heavy (non-hydrogen) atoms. The molecule has 148 valence electrons. The third kappa shape index (κ3) is 3.39. The minimum absolute atomic E-state index is 0.0987. The van der Waals surface area contributed by atoms with Crippen molar-refractivity contribution in [3.05, 3.63) is 53.6 Å². The monoisotopic (exact) mass is 389 g/mol. The molecule has 2 fully saturated rings. The van der Waals surface area contributed by atoms with Crippen molar-refractivity contribution in [2.45, 2.75) is 32.1 Å². The molecule has 1 N–H and O–H groups in total. The number of amides is 3. The van der Waals surface area contributed by atoms with Crippen LogP contribution in [-0.2, 0) is 16.0 Å². The number of hydrogen-bond acceptors (Lipinski definition) is 3. The summed E-state index contributed by atoms with van der Waals surface area (Å²) in [5.74, 6) is 0.253. The zero-order valence-electron chi connectivity index (χ0n) is 16.2. The van der Waals surface area contributed by atoms with Gasteiger partial charge in [0.15, 0.2) is 0 Å². The molecule has 2 aromatic carbocycles. The van der Waals surface area contributed by atoms with Crippen LogP contribution in [0.15, 0.2) is 42.5 Å². The first-order valence-electron chi connectivity index (χ1n) is 10.3. The summed E-state index contributed by atoms with van der Waals surface area (Å²) in [5.41, 5.74) is 4.00. The van der Waals surface area contributed by atoms with Gasteiger partial charge >= 0.3 is 0 Å². The average Bonchev–Trinajstić information content (AvgIpc) is 3.37. The van der Waals surface area contributed by atoms with E-state index in [2.05, 4.69) is 5.32 Å². The van der Waals surface area contributed by atoms with Crippen LogP contribution in [0.4, 0.5) is 17.1 Å². The molecule has 6 nitrogen and oxygen atoms in total. The van der Waals surface area contributed by atoms with Gasteiger partial charge in [-0.2, -0.15) is 0 Å². The van der Waals surface area contributed by atoms with Gasteiger partial charge in [-0.15, -0.1) is 0 Å². The van der Waals surface area contributed by atoms with E-state index < -0.39 is 0 Å². The molecule has 0 bridgehead atoms. The Morgan fingerprint density at radius 1 is 1.00 bits per heavy atom. The maximum Gasteiger partial charge on any atom is 0.255 e. The van der Waals surface area contributed by atoms with Gasteiger partial charge in [0.05, 0.1) is 0 Å². The maximum atomic E-state index is 12.8. The van der Waals surface area contributed by atoms with Crippen LogP contribution in [0.1, 0.15) is 41.6 Å². The van der Waals surface area contributed by atoms with Crippen molar-refractivity contribution < 1.29 is 14.4 Å². The third-order valence-corrected chi connectivity index (χ3v) is 5.92. The van der Waals surface area contributed by atoms with Crippen LogP contribution in [0.25, 0.3) is 0 Å². The largest absolute Gasteiger partial charge is 0.322 e. The Morgan fingerprint density at radius 3 is 2.62 bits per heavy atom. The summed E-state index contributed by atoms with van der Waals surface area (Å²) in [7, 11) is 0. The molecule has 0 atom stereocenters. The highest BCUT2D eigenvalue weighted by atomic mass is 16.2. The number of fused-ring (bicyclic) bond motifs is 1. The van der Waals surface area contributed by atoms with Crippen LogP contribution in [0.3, 0.4) is 0 Å². The first kappa shape index (κ1) is 17.9. The average molecular weight is 389 g/mol. The van der Waals surface area contributed by atoms with Gasteiger partial charge in [-0.25, -0.2) is 0 Å². The number of rotatable bonds is 4. The summed E-state index contributed by atoms with van der Waals surface area (Å²) in [4.78, 5) is 40.9. The molecule has 6 heteroatoms. The van der Waals surface area contributed by atoms with Crippen molar-refractivity contribution in [1.29, 1.82) is 0 Å². The summed E-state index contributed by atoms with van der Waals surface area (Å²) >= 11 is 0. The number of nitrogens with one attached hydrogen (secondary N) is 1. The smallest absolute Gasteiger partial charge is 0.255 e. The van der Waals surface area contributed by atoms with Crippen molar-refractivity contribution in [1.82, 2.24) is 0 Å². The summed E-state index contributed by atoms with van der Waals surface area (Å²) in [6.07, 6.45) is 4.23. The molecule has 0 spiro atoms. The Kier molecular flexibility index (Phi) is 4.34. The van der Waals surface area contributed by atoms with Crippen molar-refractivity contribution in [3.63, 3.8) is 0 Å². The molecule has 3 amide bonds. The highest BCUT2D eigenvalue weighted by Crippen LogP contribution is 2.37. The van der Waals surface area contributed by atoms with Crippen molar-refractivity contribution in [2.24, 2.45) is 5.92 Å². The number of hydrogen-bond donors (Lipinski definition) is 1. The van der Waals surface area contributed by atoms with E-state index >= 15 is 0 Å². The van der Waals surface area contributed by atoms with Crippen LogP contribution in [0.5, 0.6) is 0 Å². The van der Waals surface area contributed by atoms with Gasteiger partial charge in [0.1, 0.15) is 0 Å². The normalized spacial score (nSPS) is 18.1. The molecule has 1 saturated carbocycles. The standard InChI is InChI=1S/C23H23N3O3/c27-21-5-2-11-25(21)19-4-1-3-17(13-19)22(28)24-18-9-8-15-10-12-26(20(15)14-18)23(29)16-6-7-16/h1,3-4,8-9,13-14,16H,2,5-7,10-12H2,(H,24,28). The van der Waals surface area contributed by atoms with Crippen molar-refractivity contribution in [3.8, 4) is 0 Å². The fraction of sp³-hybridized carbons (Fsp3) is 0.348. The Balaban J connectivity index is 1.34. The first-order chi connectivity index (χ1) is 14.1. The van der Waals surface area contributed by atoms with Gasteiger partial charge in [0.2, 0.25) is 11.8 Å². The molecule has 2 heterocycles. The number of benzene rings is 2. The van der Waals surface area contributed by atoms with Gasteiger partial charge < -0.3 is 15.1 Å². The molecule has 2 aromatic rings. The van der Waals surface area contributed by atoms with Crippen molar-refractivity contribution >= 4 is 34.8 Å². The molecular weight excluding hydrogens is 366 g/mol. The molecule has 1 aliphatic carbocycles. The molecule has 2 aliphatic heterocycles. The Labute approximate surface area is 169 Å². The predicted molar refractivity (Wildman–Crippen MR) is 111 cm³/mol. The van der Waals surface area contributed by atoms with Gasteiger partial charge in [-0.3, -0.25) is 14.4 Å². The van der Waals surface area contributed by atoms with E-state index in [0.717, 1.165) is 42.6 Å². The van der Waals surface area contributed by atoms with E-state index in [4.69, 9.17) is 0 Å². The number of carbonyl (C=O) groups excluding carboxylic acids is 3. The fourth-order valence-electron chi connectivity index (χ4n) is 4.18. The topological polar surface area (TPSA) is 69.7 Å². The molecule has 5 rings (SSSR count). The SMILES string of the molecule is O=C(Nc1ccc2c(c1)N(C(=O)C1CC1)CC2)c1cccc(N2CCCC2=O)c1. The molecule has 3 aliphatic rings. The number of nitrogens with zero attached hydrogens (tertiary/aromatic N) is 2. The van der Waals surface area contributed by atoms with Crippen LogP contribution in [0.2, 0.25) is 0 Å². The lowest BCUT2D eigenvalue weighted by Gasteiger charge is -2.18. The summed E-state index contributed by atoms with van der Waals surface area (Å²) in [6, 6.07) is 12.9. The molecular formula is C23H23N3O3. The molecule has 0 radical (unpaired) electrons. The van der Waals surface area contributed by atoms with Crippen molar-refractivity contribution in [2.75, 3.05) is 28.2 Å². The van der Waals surface area contributed by atoms with E-state index in [1.165, 1.54) is 0 Å². The number of carbonyl (C=O) groups is 3. The second-order valence-corrected chi connectivity index (χ2v) is 8.01. The quantitative estimate of drug-likeness (QED) is 0.872. The highest BCUT2D eigenvalue weighted by Gasteiger charge is 2.36. The van der Waals surface area contributed by atoms with E-state index in [1.54, 1.807) is 23.1 Å².